The third-order valence-electron chi connectivity index (χ3n) is 4.34. The number of nitrogens with one attached hydrogen (secondary N) is 2. The van der Waals surface area contributed by atoms with Gasteiger partial charge in [-0.1, -0.05) is 32.1 Å². The number of hydrogen-bond acceptors (Lipinski definition) is 4. The van der Waals surface area contributed by atoms with Crippen molar-refractivity contribution in [3.8, 4) is 0 Å². The van der Waals surface area contributed by atoms with E-state index >= 15 is 0 Å². The second-order valence-electron chi connectivity index (χ2n) is 6.06. The number of carbonyl (C=O) groups is 1. The van der Waals surface area contributed by atoms with E-state index in [0.717, 1.165) is 6.42 Å². The van der Waals surface area contributed by atoms with Crippen LogP contribution >= 0.6 is 0 Å². The Balaban J connectivity index is 1.62. The third-order valence-corrected chi connectivity index (χ3v) is 4.34. The zero-order valence-corrected chi connectivity index (χ0v) is 12.4. The molecule has 118 valence electrons. The van der Waals surface area contributed by atoms with Crippen molar-refractivity contribution in [1.82, 2.24) is 4.98 Å². The molecular weight excluding hydrogens is 282 g/mol. The van der Waals surface area contributed by atoms with Crippen molar-refractivity contribution in [2.75, 3.05) is 5.32 Å². The topological polar surface area (TPSA) is 101 Å². The fourth-order valence-corrected chi connectivity index (χ4v) is 3.15. The Morgan fingerprint density at radius 2 is 2.14 bits per heavy atom. The number of anilines is 1. The van der Waals surface area contributed by atoms with Crippen LogP contribution in [0.15, 0.2) is 27.4 Å². The summed E-state index contributed by atoms with van der Waals surface area (Å²) in [6, 6.07) is 4.52. The van der Waals surface area contributed by atoms with Crippen molar-refractivity contribution in [3.05, 3.63) is 28.7 Å². The average molecular weight is 303 g/mol. The molecule has 3 rings (SSSR count). The number of amides is 1. The number of oxazole rings is 1. The van der Waals surface area contributed by atoms with Gasteiger partial charge in [-0.05, 0) is 30.5 Å². The standard InChI is InChI=1S/C16H21N3O3/c17-12(8-10-4-2-1-3-5-10)15(20)18-11-6-7-14-13(9-11)19-16(21)22-14/h6-7,9-10,12H,1-5,8,17H2,(H,18,20)(H,19,21). The van der Waals surface area contributed by atoms with Gasteiger partial charge in [0.15, 0.2) is 5.58 Å². The Hall–Kier alpha value is -2.08. The summed E-state index contributed by atoms with van der Waals surface area (Å²) in [5.41, 5.74) is 7.66. The van der Waals surface area contributed by atoms with E-state index in [1.54, 1.807) is 18.2 Å². The molecule has 1 heterocycles. The summed E-state index contributed by atoms with van der Waals surface area (Å²) in [5.74, 6) is -0.134. The lowest BCUT2D eigenvalue weighted by molar-refractivity contribution is -0.117. The predicted octanol–water partition coefficient (Wildman–Crippen LogP) is 2.36. The molecule has 1 aliphatic carbocycles. The van der Waals surface area contributed by atoms with E-state index in [0.29, 0.717) is 22.7 Å². The SMILES string of the molecule is NC(CC1CCCCC1)C(=O)Nc1ccc2oc(=O)[nH]c2c1. The third kappa shape index (κ3) is 3.39. The van der Waals surface area contributed by atoms with Crippen LogP contribution in [0, 0.1) is 5.92 Å². The van der Waals surface area contributed by atoms with Crippen molar-refractivity contribution < 1.29 is 9.21 Å². The van der Waals surface area contributed by atoms with Crippen molar-refractivity contribution >= 4 is 22.7 Å². The van der Waals surface area contributed by atoms with Gasteiger partial charge >= 0.3 is 5.76 Å². The van der Waals surface area contributed by atoms with E-state index in [4.69, 9.17) is 10.2 Å². The first-order chi connectivity index (χ1) is 10.6. The van der Waals surface area contributed by atoms with E-state index in [1.807, 2.05) is 0 Å². The second-order valence-corrected chi connectivity index (χ2v) is 6.06. The highest BCUT2D eigenvalue weighted by atomic mass is 16.4. The van der Waals surface area contributed by atoms with E-state index in [9.17, 15) is 9.59 Å². The molecule has 1 saturated carbocycles. The van der Waals surface area contributed by atoms with Gasteiger partial charge < -0.3 is 15.5 Å². The molecule has 1 fully saturated rings. The molecule has 0 spiro atoms. The average Bonchev–Trinajstić information content (AvgIpc) is 2.87. The van der Waals surface area contributed by atoms with Crippen molar-refractivity contribution in [2.45, 2.75) is 44.6 Å². The molecule has 1 aromatic heterocycles. The van der Waals surface area contributed by atoms with Gasteiger partial charge in [0.05, 0.1) is 11.6 Å². The maximum absolute atomic E-state index is 12.2. The zero-order valence-electron chi connectivity index (χ0n) is 12.4. The molecule has 1 amide bonds. The Kier molecular flexibility index (Phi) is 4.29. The van der Waals surface area contributed by atoms with Gasteiger partial charge in [-0.15, -0.1) is 0 Å². The van der Waals surface area contributed by atoms with Crippen LogP contribution in [-0.2, 0) is 4.79 Å². The Bertz CT molecular complexity index is 713. The lowest BCUT2D eigenvalue weighted by Crippen LogP contribution is -2.37. The highest BCUT2D eigenvalue weighted by Gasteiger charge is 2.21. The Morgan fingerprint density at radius 3 is 2.91 bits per heavy atom. The molecule has 0 aliphatic heterocycles. The van der Waals surface area contributed by atoms with Gasteiger partial charge in [-0.2, -0.15) is 0 Å². The second kappa shape index (κ2) is 6.36. The van der Waals surface area contributed by atoms with Crippen molar-refractivity contribution in [3.63, 3.8) is 0 Å². The highest BCUT2D eigenvalue weighted by Crippen LogP contribution is 2.27. The van der Waals surface area contributed by atoms with Gasteiger partial charge in [-0.3, -0.25) is 9.78 Å². The molecule has 0 saturated heterocycles. The lowest BCUT2D eigenvalue weighted by Gasteiger charge is -2.24. The van der Waals surface area contributed by atoms with Gasteiger partial charge in [0.2, 0.25) is 5.91 Å². The number of fused-ring (bicyclic) bond motifs is 1. The monoisotopic (exact) mass is 303 g/mol. The maximum Gasteiger partial charge on any atom is 0.417 e. The van der Waals surface area contributed by atoms with Crippen LogP contribution < -0.4 is 16.8 Å². The minimum atomic E-state index is -0.507. The fraction of sp³-hybridized carbons (Fsp3) is 0.500. The van der Waals surface area contributed by atoms with Crippen LogP contribution in [0.3, 0.4) is 0 Å². The first-order valence-corrected chi connectivity index (χ1v) is 7.81. The number of aromatic nitrogens is 1. The minimum absolute atomic E-state index is 0.184. The maximum atomic E-state index is 12.2. The molecule has 1 aliphatic rings. The predicted molar refractivity (Wildman–Crippen MR) is 84.6 cm³/mol. The van der Waals surface area contributed by atoms with E-state index in [1.165, 1.54) is 32.1 Å². The van der Waals surface area contributed by atoms with Crippen LogP contribution in [-0.4, -0.2) is 16.9 Å². The molecule has 0 bridgehead atoms. The number of aromatic amines is 1. The number of H-pyrrole nitrogens is 1. The van der Waals surface area contributed by atoms with Crippen LogP contribution in [0.25, 0.3) is 11.1 Å². The molecule has 22 heavy (non-hydrogen) atoms. The molecule has 1 aromatic carbocycles. The summed E-state index contributed by atoms with van der Waals surface area (Å²) in [7, 11) is 0. The van der Waals surface area contributed by atoms with Gasteiger partial charge in [0.1, 0.15) is 0 Å². The van der Waals surface area contributed by atoms with E-state index < -0.39 is 11.8 Å². The van der Waals surface area contributed by atoms with E-state index in [2.05, 4.69) is 10.3 Å². The van der Waals surface area contributed by atoms with Crippen LogP contribution in [0.2, 0.25) is 0 Å². The summed E-state index contributed by atoms with van der Waals surface area (Å²) in [5, 5.41) is 2.81. The summed E-state index contributed by atoms with van der Waals surface area (Å²) in [6.45, 7) is 0. The Labute approximate surface area is 128 Å². The van der Waals surface area contributed by atoms with Crippen molar-refractivity contribution in [2.24, 2.45) is 11.7 Å². The first kappa shape index (κ1) is 14.8. The summed E-state index contributed by atoms with van der Waals surface area (Å²) < 4.78 is 4.93. The van der Waals surface area contributed by atoms with E-state index in [-0.39, 0.29) is 5.91 Å². The van der Waals surface area contributed by atoms with Gasteiger partial charge in [0.25, 0.3) is 0 Å². The van der Waals surface area contributed by atoms with Crippen molar-refractivity contribution in [1.29, 1.82) is 0 Å². The lowest BCUT2D eigenvalue weighted by atomic mass is 9.85. The largest absolute Gasteiger partial charge is 0.417 e. The fourth-order valence-electron chi connectivity index (χ4n) is 3.15. The van der Waals surface area contributed by atoms with Crippen LogP contribution in [0.5, 0.6) is 0 Å². The molecule has 2 aromatic rings. The first-order valence-electron chi connectivity index (χ1n) is 7.81. The zero-order chi connectivity index (χ0) is 15.5. The molecule has 0 radical (unpaired) electrons. The van der Waals surface area contributed by atoms with Crippen LogP contribution in [0.1, 0.15) is 38.5 Å². The summed E-state index contributed by atoms with van der Waals surface area (Å²) >= 11 is 0. The normalized spacial score (nSPS) is 17.5. The number of rotatable bonds is 4. The van der Waals surface area contributed by atoms with Crippen LogP contribution in [0.4, 0.5) is 5.69 Å². The smallest absolute Gasteiger partial charge is 0.408 e. The van der Waals surface area contributed by atoms with Gasteiger partial charge in [-0.25, -0.2) is 4.79 Å². The minimum Gasteiger partial charge on any atom is -0.408 e. The molecular formula is C16H21N3O3. The number of hydrogen-bond donors (Lipinski definition) is 3. The quantitative estimate of drug-likeness (QED) is 0.807. The molecule has 1 atom stereocenters. The number of benzene rings is 1. The molecule has 4 N–H and O–H groups in total. The number of carbonyl (C=O) groups excluding carboxylic acids is 1. The molecule has 6 heteroatoms. The number of nitrogens with two attached hydrogens (primary N) is 1. The molecule has 1 unspecified atom stereocenters. The Morgan fingerprint density at radius 1 is 1.36 bits per heavy atom. The summed E-state index contributed by atoms with van der Waals surface area (Å²) in [4.78, 5) is 25.9. The summed E-state index contributed by atoms with van der Waals surface area (Å²) in [6.07, 6.45) is 6.84. The molecule has 6 nitrogen and oxygen atoms in total. The van der Waals surface area contributed by atoms with Gasteiger partial charge in [0, 0.05) is 5.69 Å². The highest BCUT2D eigenvalue weighted by molar-refractivity contribution is 5.96.